The summed E-state index contributed by atoms with van der Waals surface area (Å²) < 4.78 is 0. The smallest absolute Gasteiger partial charge is 0.0992 e. The Hall–Kier alpha value is -0.940. The van der Waals surface area contributed by atoms with Crippen molar-refractivity contribution in [2.75, 3.05) is 19.8 Å². The SMILES string of the molecule is CCC(CO)(CO)NCC(C)(O)c1ccccc1. The molecule has 0 spiro atoms. The second-order valence-corrected chi connectivity index (χ2v) is 4.94. The van der Waals surface area contributed by atoms with E-state index in [0.29, 0.717) is 6.42 Å². The van der Waals surface area contributed by atoms with Gasteiger partial charge in [0.1, 0.15) is 0 Å². The summed E-state index contributed by atoms with van der Waals surface area (Å²) in [6.07, 6.45) is 0.588. The highest BCUT2D eigenvalue weighted by Gasteiger charge is 2.30. The Morgan fingerprint density at radius 2 is 1.67 bits per heavy atom. The summed E-state index contributed by atoms with van der Waals surface area (Å²) in [5.74, 6) is 0. The zero-order valence-electron chi connectivity index (χ0n) is 11.1. The Balaban J connectivity index is 2.72. The molecule has 0 saturated carbocycles. The first kappa shape index (κ1) is 15.1. The summed E-state index contributed by atoms with van der Waals surface area (Å²) in [6, 6.07) is 9.34. The lowest BCUT2D eigenvalue weighted by Crippen LogP contribution is -2.55. The van der Waals surface area contributed by atoms with Gasteiger partial charge in [-0.05, 0) is 18.9 Å². The second-order valence-electron chi connectivity index (χ2n) is 4.94. The molecule has 1 rings (SSSR count). The van der Waals surface area contributed by atoms with E-state index < -0.39 is 11.1 Å². The van der Waals surface area contributed by atoms with Gasteiger partial charge in [0.25, 0.3) is 0 Å². The van der Waals surface area contributed by atoms with Crippen LogP contribution in [0, 0.1) is 0 Å². The normalized spacial score (nSPS) is 15.4. The summed E-state index contributed by atoms with van der Waals surface area (Å²) in [5, 5.41) is 32.2. The molecule has 4 N–H and O–H groups in total. The standard InChI is InChI=1S/C14H23NO3/c1-3-14(10-16,11-17)15-9-13(2,18)12-7-5-4-6-8-12/h4-8,15-18H,3,9-11H2,1-2H3. The van der Waals surface area contributed by atoms with Crippen LogP contribution in [0.1, 0.15) is 25.8 Å². The minimum atomic E-state index is -1.04. The first-order chi connectivity index (χ1) is 8.49. The Kier molecular flexibility index (Phi) is 5.28. The van der Waals surface area contributed by atoms with Crippen LogP contribution in [-0.2, 0) is 5.60 Å². The van der Waals surface area contributed by atoms with Crippen molar-refractivity contribution in [3.8, 4) is 0 Å². The number of hydrogen-bond donors (Lipinski definition) is 4. The average molecular weight is 253 g/mol. The summed E-state index contributed by atoms with van der Waals surface area (Å²) in [4.78, 5) is 0. The van der Waals surface area contributed by atoms with Crippen molar-refractivity contribution >= 4 is 0 Å². The Morgan fingerprint density at radius 3 is 2.11 bits per heavy atom. The maximum Gasteiger partial charge on any atom is 0.0992 e. The van der Waals surface area contributed by atoms with Gasteiger partial charge in [-0.1, -0.05) is 37.3 Å². The molecule has 0 radical (unpaired) electrons. The molecule has 1 aromatic carbocycles. The molecule has 1 aromatic rings. The number of benzene rings is 1. The molecule has 0 aliphatic rings. The zero-order valence-corrected chi connectivity index (χ0v) is 11.1. The van der Waals surface area contributed by atoms with E-state index in [9.17, 15) is 15.3 Å². The van der Waals surface area contributed by atoms with Gasteiger partial charge in [0.2, 0.25) is 0 Å². The molecule has 0 aliphatic carbocycles. The number of aliphatic hydroxyl groups is 3. The third-order valence-corrected chi connectivity index (χ3v) is 3.49. The van der Waals surface area contributed by atoms with Crippen LogP contribution in [0.15, 0.2) is 30.3 Å². The summed E-state index contributed by atoms with van der Waals surface area (Å²) in [6.45, 7) is 3.54. The van der Waals surface area contributed by atoms with Gasteiger partial charge in [0.15, 0.2) is 0 Å². The third kappa shape index (κ3) is 3.53. The fraction of sp³-hybridized carbons (Fsp3) is 0.571. The predicted molar refractivity (Wildman–Crippen MR) is 71.2 cm³/mol. The van der Waals surface area contributed by atoms with Crippen LogP contribution >= 0.6 is 0 Å². The van der Waals surface area contributed by atoms with Crippen LogP contribution in [0.4, 0.5) is 0 Å². The van der Waals surface area contributed by atoms with E-state index in [0.717, 1.165) is 5.56 Å². The van der Waals surface area contributed by atoms with E-state index in [2.05, 4.69) is 5.32 Å². The summed E-state index contributed by atoms with van der Waals surface area (Å²) in [5.41, 5.74) is -0.969. The topological polar surface area (TPSA) is 72.7 Å². The van der Waals surface area contributed by atoms with Gasteiger partial charge in [0.05, 0.1) is 24.4 Å². The van der Waals surface area contributed by atoms with E-state index in [1.807, 2.05) is 37.3 Å². The number of rotatable bonds is 7. The highest BCUT2D eigenvalue weighted by molar-refractivity contribution is 5.21. The molecule has 102 valence electrons. The molecular formula is C14H23NO3. The molecule has 0 heterocycles. The maximum atomic E-state index is 10.4. The van der Waals surface area contributed by atoms with Gasteiger partial charge in [-0.2, -0.15) is 0 Å². The molecule has 0 aromatic heterocycles. The molecule has 1 atom stereocenters. The van der Waals surface area contributed by atoms with E-state index in [4.69, 9.17) is 0 Å². The van der Waals surface area contributed by atoms with Crippen molar-refractivity contribution in [3.05, 3.63) is 35.9 Å². The number of nitrogens with one attached hydrogen (secondary N) is 1. The van der Waals surface area contributed by atoms with Crippen molar-refractivity contribution in [2.45, 2.75) is 31.4 Å². The van der Waals surface area contributed by atoms with Gasteiger partial charge in [-0.3, -0.25) is 0 Å². The van der Waals surface area contributed by atoms with Crippen LogP contribution in [-0.4, -0.2) is 40.6 Å². The zero-order chi connectivity index (χ0) is 13.6. The minimum Gasteiger partial charge on any atom is -0.394 e. The molecule has 4 nitrogen and oxygen atoms in total. The molecule has 18 heavy (non-hydrogen) atoms. The molecule has 0 amide bonds. The first-order valence-corrected chi connectivity index (χ1v) is 6.24. The minimum absolute atomic E-state index is 0.162. The third-order valence-electron chi connectivity index (χ3n) is 3.49. The Labute approximate surface area is 108 Å². The molecule has 4 heteroatoms. The van der Waals surface area contributed by atoms with Crippen molar-refractivity contribution in [1.29, 1.82) is 0 Å². The first-order valence-electron chi connectivity index (χ1n) is 6.24. The highest BCUT2D eigenvalue weighted by atomic mass is 16.3. The molecule has 0 bridgehead atoms. The van der Waals surface area contributed by atoms with Gasteiger partial charge >= 0.3 is 0 Å². The largest absolute Gasteiger partial charge is 0.394 e. The van der Waals surface area contributed by atoms with Crippen LogP contribution in [0.5, 0.6) is 0 Å². The number of aliphatic hydroxyl groups excluding tert-OH is 2. The van der Waals surface area contributed by atoms with Gasteiger partial charge < -0.3 is 20.6 Å². The molecule has 0 aliphatic heterocycles. The lowest BCUT2D eigenvalue weighted by Gasteiger charge is -2.34. The van der Waals surface area contributed by atoms with Gasteiger partial charge in [-0.15, -0.1) is 0 Å². The monoisotopic (exact) mass is 253 g/mol. The fourth-order valence-corrected chi connectivity index (χ4v) is 1.77. The molecule has 0 fully saturated rings. The van der Waals surface area contributed by atoms with Crippen LogP contribution in [0.2, 0.25) is 0 Å². The molecular weight excluding hydrogens is 230 g/mol. The quantitative estimate of drug-likeness (QED) is 0.575. The second kappa shape index (κ2) is 6.29. The van der Waals surface area contributed by atoms with E-state index >= 15 is 0 Å². The maximum absolute atomic E-state index is 10.4. The Morgan fingerprint density at radius 1 is 1.11 bits per heavy atom. The lowest BCUT2D eigenvalue weighted by molar-refractivity contribution is 0.0240. The number of β-amino-alcohol motifs (C(OH)–C–C–N with tert-alkyl or cyclic N) is 1. The van der Waals surface area contributed by atoms with Gasteiger partial charge in [-0.25, -0.2) is 0 Å². The van der Waals surface area contributed by atoms with Crippen LogP contribution < -0.4 is 5.32 Å². The van der Waals surface area contributed by atoms with Crippen molar-refractivity contribution < 1.29 is 15.3 Å². The van der Waals surface area contributed by atoms with Crippen LogP contribution in [0.25, 0.3) is 0 Å². The number of hydrogen-bond acceptors (Lipinski definition) is 4. The predicted octanol–water partition coefficient (Wildman–Crippen LogP) is 0.617. The van der Waals surface area contributed by atoms with E-state index in [1.165, 1.54) is 0 Å². The van der Waals surface area contributed by atoms with E-state index in [-0.39, 0.29) is 19.8 Å². The molecule has 1 unspecified atom stereocenters. The van der Waals surface area contributed by atoms with E-state index in [1.54, 1.807) is 6.92 Å². The van der Waals surface area contributed by atoms with Crippen molar-refractivity contribution in [1.82, 2.24) is 5.32 Å². The fourth-order valence-electron chi connectivity index (χ4n) is 1.77. The summed E-state index contributed by atoms with van der Waals surface area (Å²) >= 11 is 0. The van der Waals surface area contributed by atoms with Crippen molar-refractivity contribution in [3.63, 3.8) is 0 Å². The van der Waals surface area contributed by atoms with Crippen LogP contribution in [0.3, 0.4) is 0 Å². The van der Waals surface area contributed by atoms with Crippen molar-refractivity contribution in [2.24, 2.45) is 0 Å². The summed E-state index contributed by atoms with van der Waals surface area (Å²) in [7, 11) is 0. The molecule has 0 saturated heterocycles. The lowest BCUT2D eigenvalue weighted by atomic mass is 9.92. The van der Waals surface area contributed by atoms with Gasteiger partial charge in [0, 0.05) is 6.54 Å². The highest BCUT2D eigenvalue weighted by Crippen LogP contribution is 2.20. The average Bonchev–Trinajstić information content (AvgIpc) is 2.42. The Bertz CT molecular complexity index is 339.